The monoisotopic (exact) mass is 322 g/mol. The maximum Gasteiger partial charge on any atom is -0.00990 e. The molecule has 0 atom stereocenters. The van der Waals surface area contributed by atoms with Crippen LogP contribution in [-0.2, 0) is 0 Å². The minimum Gasteiger partial charge on any atom is -0.0622 e. The highest BCUT2D eigenvalue weighted by Crippen LogP contribution is 2.37. The Balaban J connectivity index is 2.01. The first-order chi connectivity index (χ1) is 12.2. The molecule has 4 aromatic rings. The molecule has 0 bridgehead atoms. The number of fused-ring (bicyclic) bond motifs is 1. The van der Waals surface area contributed by atoms with Crippen molar-refractivity contribution in [3.8, 4) is 22.3 Å². The van der Waals surface area contributed by atoms with E-state index in [4.69, 9.17) is 0 Å². The lowest BCUT2D eigenvalue weighted by Crippen LogP contribution is -1.92. The smallest absolute Gasteiger partial charge is 0.00990 e. The predicted octanol–water partition coefficient (Wildman–Crippen LogP) is 7.30. The highest BCUT2D eigenvalue weighted by molar-refractivity contribution is 6.00. The zero-order valence-corrected chi connectivity index (χ0v) is 14.7. The molecule has 0 nitrogen and oxygen atoms in total. The van der Waals surface area contributed by atoms with Gasteiger partial charge in [0.2, 0.25) is 0 Å². The molecule has 4 rings (SSSR count). The molecule has 0 saturated carbocycles. The summed E-state index contributed by atoms with van der Waals surface area (Å²) in [5.74, 6) is 0.518. The van der Waals surface area contributed by atoms with Crippen LogP contribution in [0.4, 0.5) is 0 Å². The van der Waals surface area contributed by atoms with Crippen molar-refractivity contribution in [2.75, 3.05) is 0 Å². The van der Waals surface area contributed by atoms with Crippen molar-refractivity contribution in [2.45, 2.75) is 19.8 Å². The number of benzene rings is 4. The van der Waals surface area contributed by atoms with Crippen molar-refractivity contribution in [1.82, 2.24) is 0 Å². The topological polar surface area (TPSA) is 0 Å². The van der Waals surface area contributed by atoms with Gasteiger partial charge in [0.15, 0.2) is 0 Å². The zero-order valence-electron chi connectivity index (χ0n) is 14.7. The van der Waals surface area contributed by atoms with E-state index in [0.29, 0.717) is 5.92 Å². The standard InChI is InChI=1S/C25H22/c1-18(2)21-15-16-24(25(17-21)20-9-4-3-5-10-20)23-14-8-12-19-11-6-7-13-22(19)23/h3-18H,1-2H3. The number of rotatable bonds is 3. The van der Waals surface area contributed by atoms with Crippen LogP contribution < -0.4 is 0 Å². The molecule has 0 saturated heterocycles. The number of hydrogen-bond acceptors (Lipinski definition) is 0. The van der Waals surface area contributed by atoms with Crippen LogP contribution in [0.2, 0.25) is 0 Å². The molecule has 0 radical (unpaired) electrons. The molecule has 0 fully saturated rings. The number of hydrogen-bond donors (Lipinski definition) is 0. The van der Waals surface area contributed by atoms with Gasteiger partial charge >= 0.3 is 0 Å². The Hall–Kier alpha value is -2.86. The van der Waals surface area contributed by atoms with E-state index in [1.807, 2.05) is 0 Å². The summed E-state index contributed by atoms with van der Waals surface area (Å²) in [5, 5.41) is 2.59. The molecule has 0 aromatic heterocycles. The molecule has 4 aromatic carbocycles. The molecular weight excluding hydrogens is 300 g/mol. The van der Waals surface area contributed by atoms with Gasteiger partial charge in [-0.05, 0) is 44.5 Å². The Bertz CT molecular complexity index is 1010. The van der Waals surface area contributed by atoms with Crippen molar-refractivity contribution in [1.29, 1.82) is 0 Å². The fraction of sp³-hybridized carbons (Fsp3) is 0.120. The highest BCUT2D eigenvalue weighted by Gasteiger charge is 2.12. The molecule has 0 aliphatic heterocycles. The second-order valence-corrected chi connectivity index (χ2v) is 6.85. The maximum absolute atomic E-state index is 2.36. The lowest BCUT2D eigenvalue weighted by atomic mass is 9.88. The van der Waals surface area contributed by atoms with Gasteiger partial charge in [-0.15, -0.1) is 0 Å². The van der Waals surface area contributed by atoms with Crippen molar-refractivity contribution >= 4 is 10.8 Å². The molecular formula is C25H22. The van der Waals surface area contributed by atoms with Crippen molar-refractivity contribution < 1.29 is 0 Å². The quantitative estimate of drug-likeness (QED) is 0.371. The van der Waals surface area contributed by atoms with E-state index >= 15 is 0 Å². The predicted molar refractivity (Wildman–Crippen MR) is 109 cm³/mol. The molecule has 0 unspecified atom stereocenters. The Kier molecular flexibility index (Phi) is 4.11. The summed E-state index contributed by atoms with van der Waals surface area (Å²) >= 11 is 0. The fourth-order valence-electron chi connectivity index (χ4n) is 3.47. The fourth-order valence-corrected chi connectivity index (χ4v) is 3.47. The normalized spacial score (nSPS) is 11.2. The summed E-state index contributed by atoms with van der Waals surface area (Å²) in [4.78, 5) is 0. The Morgan fingerprint density at radius 3 is 2.08 bits per heavy atom. The van der Waals surface area contributed by atoms with Gasteiger partial charge in [0.05, 0.1) is 0 Å². The zero-order chi connectivity index (χ0) is 17.2. The first-order valence-electron chi connectivity index (χ1n) is 8.91. The third kappa shape index (κ3) is 2.96. The first-order valence-corrected chi connectivity index (χ1v) is 8.91. The van der Waals surface area contributed by atoms with Gasteiger partial charge in [-0.25, -0.2) is 0 Å². The van der Waals surface area contributed by atoms with Gasteiger partial charge in [-0.3, -0.25) is 0 Å². The van der Waals surface area contributed by atoms with Crippen LogP contribution in [0.5, 0.6) is 0 Å². The molecule has 0 spiro atoms. The van der Waals surface area contributed by atoms with E-state index in [0.717, 1.165) is 0 Å². The van der Waals surface area contributed by atoms with Gasteiger partial charge in [-0.1, -0.05) is 105 Å². The SMILES string of the molecule is CC(C)c1ccc(-c2cccc3ccccc23)c(-c2ccccc2)c1. The van der Waals surface area contributed by atoms with Crippen LogP contribution in [0.25, 0.3) is 33.0 Å². The van der Waals surface area contributed by atoms with E-state index in [1.54, 1.807) is 0 Å². The average Bonchev–Trinajstić information content (AvgIpc) is 2.68. The van der Waals surface area contributed by atoms with Crippen molar-refractivity contribution in [3.63, 3.8) is 0 Å². The van der Waals surface area contributed by atoms with E-state index < -0.39 is 0 Å². The summed E-state index contributed by atoms with van der Waals surface area (Å²) in [6.07, 6.45) is 0. The van der Waals surface area contributed by atoms with Crippen molar-refractivity contribution in [3.05, 3.63) is 96.6 Å². The van der Waals surface area contributed by atoms with E-state index in [-0.39, 0.29) is 0 Å². The highest BCUT2D eigenvalue weighted by atomic mass is 14.2. The molecule has 0 N–H and O–H groups in total. The maximum atomic E-state index is 2.36. The summed E-state index contributed by atoms with van der Waals surface area (Å²) in [6.45, 7) is 4.50. The van der Waals surface area contributed by atoms with Gasteiger partial charge in [-0.2, -0.15) is 0 Å². The van der Waals surface area contributed by atoms with Gasteiger partial charge in [0.25, 0.3) is 0 Å². The molecule has 0 aliphatic rings. The van der Waals surface area contributed by atoms with Gasteiger partial charge in [0.1, 0.15) is 0 Å². The molecule has 0 heterocycles. The molecule has 122 valence electrons. The molecule has 0 aliphatic carbocycles. The lowest BCUT2D eigenvalue weighted by Gasteiger charge is -2.16. The Morgan fingerprint density at radius 1 is 0.560 bits per heavy atom. The Morgan fingerprint density at radius 2 is 1.28 bits per heavy atom. The van der Waals surface area contributed by atoms with Crippen LogP contribution in [0.1, 0.15) is 25.3 Å². The summed E-state index contributed by atoms with van der Waals surface area (Å²) in [5.41, 5.74) is 6.55. The lowest BCUT2D eigenvalue weighted by molar-refractivity contribution is 0.867. The second-order valence-electron chi connectivity index (χ2n) is 6.85. The van der Waals surface area contributed by atoms with Crippen LogP contribution in [0, 0.1) is 0 Å². The van der Waals surface area contributed by atoms with Crippen LogP contribution in [0.3, 0.4) is 0 Å². The average molecular weight is 322 g/mol. The minimum absolute atomic E-state index is 0.518. The second kappa shape index (κ2) is 6.57. The van der Waals surface area contributed by atoms with E-state index in [1.165, 1.54) is 38.6 Å². The van der Waals surface area contributed by atoms with Gasteiger partial charge in [0, 0.05) is 0 Å². The van der Waals surface area contributed by atoms with Crippen molar-refractivity contribution in [2.24, 2.45) is 0 Å². The van der Waals surface area contributed by atoms with Crippen LogP contribution in [-0.4, -0.2) is 0 Å². The largest absolute Gasteiger partial charge is 0.0622 e. The van der Waals surface area contributed by atoms with E-state index in [9.17, 15) is 0 Å². The minimum atomic E-state index is 0.518. The van der Waals surface area contributed by atoms with Crippen LogP contribution >= 0.6 is 0 Å². The third-order valence-corrected chi connectivity index (χ3v) is 4.87. The Labute approximate surface area is 149 Å². The van der Waals surface area contributed by atoms with Crippen LogP contribution in [0.15, 0.2) is 91.0 Å². The van der Waals surface area contributed by atoms with Gasteiger partial charge < -0.3 is 0 Å². The summed E-state index contributed by atoms with van der Waals surface area (Å²) in [6, 6.07) is 32.8. The van der Waals surface area contributed by atoms with E-state index in [2.05, 4.69) is 105 Å². The molecule has 25 heavy (non-hydrogen) atoms. The summed E-state index contributed by atoms with van der Waals surface area (Å²) in [7, 11) is 0. The summed E-state index contributed by atoms with van der Waals surface area (Å²) < 4.78 is 0. The third-order valence-electron chi connectivity index (χ3n) is 4.87. The molecule has 0 heteroatoms. The first kappa shape index (κ1) is 15.7. The molecule has 0 amide bonds.